The van der Waals surface area contributed by atoms with Crippen molar-refractivity contribution in [2.45, 2.75) is 12.8 Å². The second kappa shape index (κ2) is 6.19. The van der Waals surface area contributed by atoms with Crippen LogP contribution in [0.1, 0.15) is 5.56 Å². The minimum Gasteiger partial charge on any atom is -0.469 e. The molecule has 7 nitrogen and oxygen atoms in total. The molecule has 1 aromatic heterocycles. The molecule has 0 bridgehead atoms. The normalized spacial score (nSPS) is 11.1. The minimum atomic E-state index is -5.13. The molecule has 0 amide bonds. The van der Waals surface area contributed by atoms with E-state index < -0.39 is 35.2 Å². The van der Waals surface area contributed by atoms with E-state index in [9.17, 15) is 28.1 Å². The van der Waals surface area contributed by atoms with E-state index in [1.54, 1.807) is 22.6 Å². The summed E-state index contributed by atoms with van der Waals surface area (Å²) in [6.07, 6.45) is -4.76. The lowest BCUT2D eigenvalue weighted by Crippen LogP contribution is -2.20. The fraction of sp³-hybridized carbons (Fsp3) is 0.333. The van der Waals surface area contributed by atoms with E-state index in [-0.39, 0.29) is 9.13 Å². The number of pyridine rings is 1. The topological polar surface area (TPSA) is 91.6 Å². The molecule has 0 radical (unpaired) electrons. The number of nitrogens with zero attached hydrogens (tertiary/aromatic N) is 2. The summed E-state index contributed by atoms with van der Waals surface area (Å²) in [5.74, 6) is -2.06. The second-order valence-electron chi connectivity index (χ2n) is 3.30. The smallest absolute Gasteiger partial charge is 0.469 e. The summed E-state index contributed by atoms with van der Waals surface area (Å²) < 4.78 is 44.5. The first-order chi connectivity index (χ1) is 9.15. The van der Waals surface area contributed by atoms with Crippen LogP contribution in [-0.2, 0) is 16.0 Å². The number of hydrogen-bond donors (Lipinski definition) is 0. The Morgan fingerprint density at radius 3 is 2.60 bits per heavy atom. The predicted molar refractivity (Wildman–Crippen MR) is 66.0 cm³/mol. The number of rotatable bonds is 4. The monoisotopic (exact) mass is 406 g/mol. The number of carbonyl (C=O) groups is 1. The van der Waals surface area contributed by atoms with E-state index in [1.165, 1.54) is 0 Å². The van der Waals surface area contributed by atoms with Crippen LogP contribution in [-0.4, -0.2) is 29.3 Å². The van der Waals surface area contributed by atoms with E-state index in [4.69, 9.17) is 0 Å². The van der Waals surface area contributed by atoms with Crippen LogP contribution in [0, 0.1) is 13.7 Å². The highest BCUT2D eigenvalue weighted by atomic mass is 127. The SMILES string of the molecule is COC(=O)Cc1c(I)cnc(OC(F)(F)F)c1[N+](=O)[O-]. The molecule has 0 aliphatic heterocycles. The number of hydrogen-bond acceptors (Lipinski definition) is 6. The Labute approximate surface area is 123 Å². The third kappa shape index (κ3) is 4.18. The van der Waals surface area contributed by atoms with Crippen LogP contribution in [0.3, 0.4) is 0 Å². The van der Waals surface area contributed by atoms with Gasteiger partial charge >= 0.3 is 23.9 Å². The Morgan fingerprint density at radius 1 is 1.55 bits per heavy atom. The first kappa shape index (κ1) is 16.4. The zero-order valence-electron chi connectivity index (χ0n) is 9.73. The van der Waals surface area contributed by atoms with E-state index in [2.05, 4.69) is 14.5 Å². The van der Waals surface area contributed by atoms with Gasteiger partial charge in [-0.25, -0.2) is 4.98 Å². The molecule has 1 heterocycles. The second-order valence-corrected chi connectivity index (χ2v) is 4.46. The van der Waals surface area contributed by atoms with Crippen LogP contribution >= 0.6 is 22.6 Å². The maximum Gasteiger partial charge on any atom is 0.574 e. The summed E-state index contributed by atoms with van der Waals surface area (Å²) in [5.41, 5.74) is -1.27. The van der Waals surface area contributed by atoms with Crippen molar-refractivity contribution in [3.63, 3.8) is 0 Å². The van der Waals surface area contributed by atoms with Crippen LogP contribution in [0.2, 0.25) is 0 Å². The van der Waals surface area contributed by atoms with Gasteiger partial charge in [-0.3, -0.25) is 14.9 Å². The molecule has 0 N–H and O–H groups in total. The Balaban J connectivity index is 3.37. The number of nitro groups is 1. The molecule has 0 fully saturated rings. The van der Waals surface area contributed by atoms with Crippen molar-refractivity contribution in [2.75, 3.05) is 7.11 Å². The van der Waals surface area contributed by atoms with Gasteiger partial charge in [-0.1, -0.05) is 0 Å². The zero-order chi connectivity index (χ0) is 15.5. The quantitative estimate of drug-likeness (QED) is 0.330. The van der Waals surface area contributed by atoms with Crippen LogP contribution in [0.25, 0.3) is 0 Å². The van der Waals surface area contributed by atoms with Crippen LogP contribution in [0.4, 0.5) is 18.9 Å². The Bertz CT molecular complexity index is 549. The van der Waals surface area contributed by atoms with Crippen molar-refractivity contribution in [3.8, 4) is 5.88 Å². The minimum absolute atomic E-state index is 0.147. The molecule has 0 spiro atoms. The maximum absolute atomic E-state index is 12.2. The number of esters is 1. The molecule has 0 saturated carbocycles. The van der Waals surface area contributed by atoms with E-state index >= 15 is 0 Å². The van der Waals surface area contributed by atoms with Crippen LogP contribution in [0.5, 0.6) is 5.88 Å². The van der Waals surface area contributed by atoms with Gasteiger partial charge in [-0.05, 0) is 22.6 Å². The molecule has 0 saturated heterocycles. The molecule has 20 heavy (non-hydrogen) atoms. The number of aromatic nitrogens is 1. The van der Waals surface area contributed by atoms with Gasteiger partial charge in [-0.15, -0.1) is 13.2 Å². The summed E-state index contributed by atoms with van der Waals surface area (Å²) in [7, 11) is 1.05. The zero-order valence-corrected chi connectivity index (χ0v) is 11.9. The first-order valence-electron chi connectivity index (χ1n) is 4.80. The Morgan fingerprint density at radius 2 is 2.15 bits per heavy atom. The van der Waals surface area contributed by atoms with Crippen molar-refractivity contribution in [3.05, 3.63) is 25.4 Å². The fourth-order valence-corrected chi connectivity index (χ4v) is 1.84. The molecule has 110 valence electrons. The highest BCUT2D eigenvalue weighted by molar-refractivity contribution is 14.1. The van der Waals surface area contributed by atoms with Gasteiger partial charge in [0.15, 0.2) is 0 Å². The number of methoxy groups -OCH3 is 1. The molecule has 0 aliphatic rings. The molecule has 0 aromatic carbocycles. The molecular formula is C9H6F3IN2O5. The number of carbonyl (C=O) groups excluding carboxylic acids is 1. The molecule has 1 rings (SSSR count). The Hall–Kier alpha value is -1.66. The van der Waals surface area contributed by atoms with E-state index in [1.807, 2.05) is 0 Å². The average molecular weight is 406 g/mol. The third-order valence-corrected chi connectivity index (χ3v) is 2.95. The van der Waals surface area contributed by atoms with Gasteiger partial charge in [0.25, 0.3) is 0 Å². The third-order valence-electron chi connectivity index (χ3n) is 2.02. The summed E-state index contributed by atoms with van der Waals surface area (Å²) in [6, 6.07) is 0. The standard InChI is InChI=1S/C9H6F3IN2O5/c1-19-6(16)2-4-5(13)3-14-8(7(4)15(17)18)20-9(10,11)12/h3H,2H2,1H3. The predicted octanol–water partition coefficient (Wildman–Crippen LogP) is 2.21. The highest BCUT2D eigenvalue weighted by Crippen LogP contribution is 2.35. The summed E-state index contributed by atoms with van der Waals surface area (Å²) in [6.45, 7) is 0. The molecule has 0 unspecified atom stereocenters. The van der Waals surface area contributed by atoms with Gasteiger partial charge in [-0.2, -0.15) is 0 Å². The highest BCUT2D eigenvalue weighted by Gasteiger charge is 2.37. The summed E-state index contributed by atoms with van der Waals surface area (Å²) in [4.78, 5) is 24.2. The first-order valence-corrected chi connectivity index (χ1v) is 5.88. The lowest BCUT2D eigenvalue weighted by atomic mass is 10.1. The fourth-order valence-electron chi connectivity index (χ4n) is 1.25. The number of halogens is 4. The van der Waals surface area contributed by atoms with Crippen LogP contribution < -0.4 is 4.74 Å². The van der Waals surface area contributed by atoms with Crippen LogP contribution in [0.15, 0.2) is 6.20 Å². The number of ether oxygens (including phenoxy) is 2. The van der Waals surface area contributed by atoms with E-state index in [0.29, 0.717) is 0 Å². The average Bonchev–Trinajstić information content (AvgIpc) is 2.30. The van der Waals surface area contributed by atoms with Crippen molar-refractivity contribution in [1.82, 2.24) is 4.98 Å². The molecule has 11 heteroatoms. The van der Waals surface area contributed by atoms with Gasteiger partial charge in [0.1, 0.15) is 0 Å². The van der Waals surface area contributed by atoms with Gasteiger partial charge in [0.2, 0.25) is 0 Å². The lowest BCUT2D eigenvalue weighted by molar-refractivity contribution is -0.390. The summed E-state index contributed by atoms with van der Waals surface area (Å²) >= 11 is 1.61. The molecular weight excluding hydrogens is 400 g/mol. The van der Waals surface area contributed by atoms with Gasteiger partial charge in [0, 0.05) is 9.77 Å². The number of alkyl halides is 3. The Kier molecular flexibility index (Phi) is 5.08. The molecule has 1 aromatic rings. The van der Waals surface area contributed by atoms with Gasteiger partial charge < -0.3 is 9.47 Å². The molecule has 0 atom stereocenters. The van der Waals surface area contributed by atoms with Gasteiger partial charge in [0.05, 0.1) is 24.0 Å². The van der Waals surface area contributed by atoms with Crippen molar-refractivity contribution >= 4 is 34.2 Å². The maximum atomic E-state index is 12.2. The van der Waals surface area contributed by atoms with Crippen molar-refractivity contribution < 1.29 is 32.4 Å². The molecule has 0 aliphatic carbocycles. The largest absolute Gasteiger partial charge is 0.574 e. The summed E-state index contributed by atoms with van der Waals surface area (Å²) in [5, 5.41) is 10.9. The lowest BCUT2D eigenvalue weighted by Gasteiger charge is -2.11. The van der Waals surface area contributed by atoms with Crippen molar-refractivity contribution in [2.24, 2.45) is 0 Å². The van der Waals surface area contributed by atoms with E-state index in [0.717, 1.165) is 13.3 Å². The van der Waals surface area contributed by atoms with Crippen molar-refractivity contribution in [1.29, 1.82) is 0 Å².